The Morgan fingerprint density at radius 2 is 1.71 bits per heavy atom. The quantitative estimate of drug-likeness (QED) is 0.882. The molecule has 1 amide bonds. The number of amides is 1. The number of carbonyl (C=O) groups excluding carboxylic acids is 1. The highest BCUT2D eigenvalue weighted by Crippen LogP contribution is 1.98. The fourth-order valence-corrected chi connectivity index (χ4v) is 0.953. The van der Waals surface area contributed by atoms with Crippen LogP contribution in [0.25, 0.3) is 0 Å². The Hall–Kier alpha value is -1.45. The van der Waals surface area contributed by atoms with E-state index in [1.807, 2.05) is 34.6 Å². The SMILES string of the molecule is CC.CC.CCCNC(=O)c1nccnc1C. The van der Waals surface area contributed by atoms with E-state index in [4.69, 9.17) is 0 Å². The number of hydrogen-bond acceptors (Lipinski definition) is 3. The topological polar surface area (TPSA) is 54.9 Å². The predicted molar refractivity (Wildman–Crippen MR) is 72.1 cm³/mol. The van der Waals surface area contributed by atoms with Gasteiger partial charge >= 0.3 is 0 Å². The summed E-state index contributed by atoms with van der Waals surface area (Å²) in [5, 5.41) is 2.75. The molecule has 17 heavy (non-hydrogen) atoms. The Kier molecular flexibility index (Phi) is 13.3. The average molecular weight is 239 g/mol. The summed E-state index contributed by atoms with van der Waals surface area (Å²) in [7, 11) is 0. The van der Waals surface area contributed by atoms with E-state index >= 15 is 0 Å². The Bertz CT molecular complexity index is 300. The zero-order chi connectivity index (χ0) is 13.7. The molecule has 0 fully saturated rings. The van der Waals surface area contributed by atoms with Gasteiger partial charge in [0.25, 0.3) is 5.91 Å². The van der Waals surface area contributed by atoms with Crippen molar-refractivity contribution >= 4 is 5.91 Å². The van der Waals surface area contributed by atoms with Crippen molar-refractivity contribution in [1.29, 1.82) is 0 Å². The number of carbonyl (C=O) groups is 1. The number of nitrogens with zero attached hydrogens (tertiary/aromatic N) is 2. The summed E-state index contributed by atoms with van der Waals surface area (Å²) in [5.41, 5.74) is 1.08. The largest absolute Gasteiger partial charge is 0.351 e. The molecule has 0 saturated carbocycles. The Morgan fingerprint density at radius 1 is 1.18 bits per heavy atom. The van der Waals surface area contributed by atoms with Crippen molar-refractivity contribution < 1.29 is 4.79 Å². The van der Waals surface area contributed by atoms with Gasteiger partial charge in [-0.15, -0.1) is 0 Å². The van der Waals surface area contributed by atoms with E-state index in [0.29, 0.717) is 17.9 Å². The number of hydrogen-bond donors (Lipinski definition) is 1. The maximum absolute atomic E-state index is 11.4. The van der Waals surface area contributed by atoms with Crippen molar-refractivity contribution in [3.05, 3.63) is 23.8 Å². The van der Waals surface area contributed by atoms with Gasteiger partial charge in [0.05, 0.1) is 5.69 Å². The van der Waals surface area contributed by atoms with Gasteiger partial charge in [-0.05, 0) is 13.3 Å². The van der Waals surface area contributed by atoms with Crippen LogP contribution >= 0.6 is 0 Å². The summed E-state index contributed by atoms with van der Waals surface area (Å²) in [6, 6.07) is 0. The standard InChI is InChI=1S/C9H13N3O.2C2H6/c1-3-4-12-9(13)8-7(2)10-5-6-11-8;2*1-2/h5-6H,3-4H2,1-2H3,(H,12,13);2*1-2H3. The zero-order valence-electron chi connectivity index (χ0n) is 11.9. The first-order valence-corrected chi connectivity index (χ1v) is 6.31. The molecule has 0 saturated heterocycles. The van der Waals surface area contributed by atoms with Crippen LogP contribution in [0.4, 0.5) is 0 Å². The summed E-state index contributed by atoms with van der Waals surface area (Å²) < 4.78 is 0. The first-order chi connectivity index (χ1) is 8.25. The molecule has 0 aliphatic rings. The molecule has 0 radical (unpaired) electrons. The van der Waals surface area contributed by atoms with E-state index in [1.165, 1.54) is 6.20 Å². The molecular weight excluding hydrogens is 214 g/mol. The summed E-state index contributed by atoms with van der Waals surface area (Å²) >= 11 is 0. The molecule has 0 bridgehead atoms. The van der Waals surface area contributed by atoms with E-state index in [2.05, 4.69) is 15.3 Å². The van der Waals surface area contributed by atoms with Crippen molar-refractivity contribution in [3.8, 4) is 0 Å². The van der Waals surface area contributed by atoms with Gasteiger partial charge < -0.3 is 5.32 Å². The van der Waals surface area contributed by atoms with Gasteiger partial charge in [0, 0.05) is 18.9 Å². The van der Waals surface area contributed by atoms with Crippen LogP contribution in [0.15, 0.2) is 12.4 Å². The second-order valence-electron chi connectivity index (χ2n) is 2.75. The van der Waals surface area contributed by atoms with Crippen LogP contribution in [-0.4, -0.2) is 22.4 Å². The molecular formula is C13H25N3O. The van der Waals surface area contributed by atoms with Gasteiger partial charge in [-0.25, -0.2) is 4.98 Å². The first kappa shape index (κ1) is 17.9. The van der Waals surface area contributed by atoms with Gasteiger partial charge in [0.1, 0.15) is 5.69 Å². The molecule has 1 N–H and O–H groups in total. The van der Waals surface area contributed by atoms with Crippen LogP contribution in [0.1, 0.15) is 57.2 Å². The second-order valence-corrected chi connectivity index (χ2v) is 2.75. The summed E-state index contributed by atoms with van der Waals surface area (Å²) in [5.74, 6) is -0.146. The highest BCUT2D eigenvalue weighted by atomic mass is 16.1. The van der Waals surface area contributed by atoms with Gasteiger partial charge in [0.15, 0.2) is 0 Å². The maximum Gasteiger partial charge on any atom is 0.271 e. The van der Waals surface area contributed by atoms with Crippen LogP contribution in [-0.2, 0) is 0 Å². The third-order valence-electron chi connectivity index (χ3n) is 1.63. The van der Waals surface area contributed by atoms with E-state index in [9.17, 15) is 4.79 Å². The van der Waals surface area contributed by atoms with Crippen molar-refractivity contribution in [1.82, 2.24) is 15.3 Å². The van der Waals surface area contributed by atoms with Crippen LogP contribution in [0, 0.1) is 6.92 Å². The molecule has 0 atom stereocenters. The maximum atomic E-state index is 11.4. The summed E-state index contributed by atoms with van der Waals surface area (Å²) in [4.78, 5) is 19.4. The molecule has 4 heteroatoms. The lowest BCUT2D eigenvalue weighted by atomic mass is 10.3. The molecule has 1 aromatic rings. The molecule has 98 valence electrons. The molecule has 0 aliphatic carbocycles. The van der Waals surface area contributed by atoms with E-state index in [-0.39, 0.29) is 5.91 Å². The molecule has 1 rings (SSSR count). The normalized spacial score (nSPS) is 8.12. The predicted octanol–water partition coefficient (Wildman–Crippen LogP) is 2.98. The Balaban J connectivity index is 0. The van der Waals surface area contributed by atoms with Crippen LogP contribution < -0.4 is 5.32 Å². The van der Waals surface area contributed by atoms with Gasteiger partial charge in [-0.3, -0.25) is 9.78 Å². The number of nitrogens with one attached hydrogen (secondary N) is 1. The summed E-state index contributed by atoms with van der Waals surface area (Å²) in [6.45, 7) is 12.5. The van der Waals surface area contributed by atoms with Crippen molar-refractivity contribution in [2.45, 2.75) is 48.0 Å². The third kappa shape index (κ3) is 7.44. The van der Waals surface area contributed by atoms with E-state index < -0.39 is 0 Å². The first-order valence-electron chi connectivity index (χ1n) is 6.31. The number of aryl methyl sites for hydroxylation is 1. The number of rotatable bonds is 3. The lowest BCUT2D eigenvalue weighted by Crippen LogP contribution is -2.26. The average Bonchev–Trinajstić information content (AvgIpc) is 2.41. The van der Waals surface area contributed by atoms with Crippen LogP contribution in [0.2, 0.25) is 0 Å². The molecule has 1 aromatic heterocycles. The minimum atomic E-state index is -0.146. The smallest absolute Gasteiger partial charge is 0.271 e. The van der Waals surface area contributed by atoms with Crippen LogP contribution in [0.5, 0.6) is 0 Å². The monoisotopic (exact) mass is 239 g/mol. The lowest BCUT2D eigenvalue weighted by Gasteiger charge is -2.03. The summed E-state index contributed by atoms with van der Waals surface area (Å²) in [6.07, 6.45) is 4.02. The Labute approximate surface area is 105 Å². The second kappa shape index (κ2) is 12.6. The third-order valence-corrected chi connectivity index (χ3v) is 1.63. The highest BCUT2D eigenvalue weighted by molar-refractivity contribution is 5.93. The lowest BCUT2D eigenvalue weighted by molar-refractivity contribution is 0.0947. The minimum absolute atomic E-state index is 0.146. The van der Waals surface area contributed by atoms with E-state index in [0.717, 1.165) is 6.42 Å². The molecule has 0 spiro atoms. The molecule has 4 nitrogen and oxygen atoms in total. The molecule has 1 heterocycles. The van der Waals surface area contributed by atoms with Gasteiger partial charge in [-0.1, -0.05) is 34.6 Å². The van der Waals surface area contributed by atoms with Crippen molar-refractivity contribution in [3.63, 3.8) is 0 Å². The van der Waals surface area contributed by atoms with E-state index in [1.54, 1.807) is 13.1 Å². The fourth-order valence-electron chi connectivity index (χ4n) is 0.953. The van der Waals surface area contributed by atoms with Crippen LogP contribution in [0.3, 0.4) is 0 Å². The zero-order valence-corrected chi connectivity index (χ0v) is 11.9. The van der Waals surface area contributed by atoms with Crippen molar-refractivity contribution in [2.24, 2.45) is 0 Å². The molecule has 0 unspecified atom stereocenters. The van der Waals surface area contributed by atoms with Gasteiger partial charge in [-0.2, -0.15) is 0 Å². The van der Waals surface area contributed by atoms with Gasteiger partial charge in [0.2, 0.25) is 0 Å². The number of aromatic nitrogens is 2. The minimum Gasteiger partial charge on any atom is -0.351 e. The highest BCUT2D eigenvalue weighted by Gasteiger charge is 2.08. The Morgan fingerprint density at radius 3 is 2.18 bits per heavy atom. The molecule has 0 aromatic carbocycles. The van der Waals surface area contributed by atoms with Crippen molar-refractivity contribution in [2.75, 3.05) is 6.54 Å². The fraction of sp³-hybridized carbons (Fsp3) is 0.615. The molecule has 0 aliphatic heterocycles.